The van der Waals surface area contributed by atoms with E-state index in [0.29, 0.717) is 24.1 Å². The van der Waals surface area contributed by atoms with E-state index in [1.54, 1.807) is 12.1 Å². The van der Waals surface area contributed by atoms with Crippen LogP contribution in [0.15, 0.2) is 59.8 Å². The second kappa shape index (κ2) is 8.48. The Hall–Kier alpha value is -2.87. The molecule has 0 radical (unpaired) electrons. The molecule has 0 unspecified atom stereocenters. The van der Waals surface area contributed by atoms with Gasteiger partial charge in [0, 0.05) is 5.69 Å². The Bertz CT molecular complexity index is 867. The minimum Gasteiger partial charge on any atom is -0.378 e. The molecule has 1 heterocycles. The topological polar surface area (TPSA) is 85.8 Å². The molecule has 0 aliphatic carbocycles. The van der Waals surface area contributed by atoms with E-state index in [-0.39, 0.29) is 11.6 Å². The van der Waals surface area contributed by atoms with Crippen molar-refractivity contribution in [2.45, 2.75) is 18.2 Å². The van der Waals surface area contributed by atoms with E-state index in [1.807, 2.05) is 34.9 Å². The van der Waals surface area contributed by atoms with E-state index in [1.165, 1.54) is 23.9 Å². The number of halogens is 1. The Balaban J connectivity index is 1.78. The van der Waals surface area contributed by atoms with E-state index in [9.17, 15) is 9.18 Å². The lowest BCUT2D eigenvalue weighted by Gasteiger charge is -2.11. The molecular formula is C18H18FN5OS. The molecule has 1 amide bonds. The van der Waals surface area contributed by atoms with Crippen molar-refractivity contribution in [2.75, 3.05) is 11.1 Å². The number of aromatic nitrogens is 3. The lowest BCUT2D eigenvalue weighted by Crippen LogP contribution is -2.15. The predicted molar refractivity (Wildman–Crippen MR) is 99.2 cm³/mol. The molecule has 6 nitrogen and oxygen atoms in total. The van der Waals surface area contributed by atoms with Gasteiger partial charge in [-0.3, -0.25) is 4.79 Å². The number of anilines is 1. The first-order valence-electron chi connectivity index (χ1n) is 7.98. The Labute approximate surface area is 154 Å². The van der Waals surface area contributed by atoms with Crippen LogP contribution in [0.3, 0.4) is 0 Å². The van der Waals surface area contributed by atoms with Crippen LogP contribution in [0.2, 0.25) is 0 Å². The van der Waals surface area contributed by atoms with Gasteiger partial charge in [0.05, 0.1) is 18.8 Å². The van der Waals surface area contributed by atoms with Gasteiger partial charge in [0.2, 0.25) is 5.91 Å². The van der Waals surface area contributed by atoms with Gasteiger partial charge in [-0.15, -0.1) is 10.2 Å². The fraction of sp³-hybridized carbons (Fsp3) is 0.167. The number of carbonyl (C=O) groups is 1. The summed E-state index contributed by atoms with van der Waals surface area (Å²) in [6, 6.07) is 16.0. The number of thioether (sulfide) groups is 1. The van der Waals surface area contributed by atoms with Crippen LogP contribution in [0, 0.1) is 5.82 Å². The second-order valence-electron chi connectivity index (χ2n) is 5.59. The van der Waals surface area contributed by atoms with Crippen molar-refractivity contribution in [3.63, 3.8) is 0 Å². The number of nitrogens with zero attached hydrogens (tertiary/aromatic N) is 3. The van der Waals surface area contributed by atoms with E-state index >= 15 is 0 Å². The average Bonchev–Trinajstić information content (AvgIpc) is 3.02. The number of amides is 1. The van der Waals surface area contributed by atoms with Crippen molar-refractivity contribution in [1.82, 2.24) is 14.8 Å². The van der Waals surface area contributed by atoms with Crippen LogP contribution >= 0.6 is 11.8 Å². The SMILES string of the molecule is NC(=O)CSc1nnc(CNc2ccc(F)cc2)n1Cc1ccccc1. The number of nitrogens with two attached hydrogens (primary N) is 1. The molecule has 0 spiro atoms. The molecule has 1 aromatic heterocycles. The predicted octanol–water partition coefficient (Wildman–Crippen LogP) is 2.66. The average molecular weight is 371 g/mol. The molecule has 3 N–H and O–H groups in total. The molecule has 8 heteroatoms. The zero-order valence-corrected chi connectivity index (χ0v) is 14.7. The summed E-state index contributed by atoms with van der Waals surface area (Å²) in [5.74, 6) is 0.159. The smallest absolute Gasteiger partial charge is 0.227 e. The maximum atomic E-state index is 13.0. The zero-order chi connectivity index (χ0) is 18.4. The molecule has 0 bridgehead atoms. The normalized spacial score (nSPS) is 10.7. The Morgan fingerprint density at radius 1 is 1.12 bits per heavy atom. The van der Waals surface area contributed by atoms with Crippen LogP contribution in [0.1, 0.15) is 11.4 Å². The van der Waals surface area contributed by atoms with Crippen LogP contribution in [-0.2, 0) is 17.9 Å². The summed E-state index contributed by atoms with van der Waals surface area (Å²) in [4.78, 5) is 11.1. The summed E-state index contributed by atoms with van der Waals surface area (Å²) in [6.45, 7) is 0.998. The molecule has 0 saturated carbocycles. The van der Waals surface area contributed by atoms with Crippen molar-refractivity contribution >= 4 is 23.4 Å². The highest BCUT2D eigenvalue weighted by Gasteiger charge is 2.14. The van der Waals surface area contributed by atoms with Crippen LogP contribution in [0.4, 0.5) is 10.1 Å². The number of benzene rings is 2. The van der Waals surface area contributed by atoms with Crippen molar-refractivity contribution in [2.24, 2.45) is 5.73 Å². The minimum atomic E-state index is -0.407. The molecule has 0 saturated heterocycles. The Kier molecular flexibility index (Phi) is 5.85. The highest BCUT2D eigenvalue weighted by Crippen LogP contribution is 2.19. The molecule has 26 heavy (non-hydrogen) atoms. The molecule has 134 valence electrons. The Morgan fingerprint density at radius 3 is 2.54 bits per heavy atom. The molecular weight excluding hydrogens is 353 g/mol. The third kappa shape index (κ3) is 4.82. The third-order valence-electron chi connectivity index (χ3n) is 3.62. The maximum Gasteiger partial charge on any atom is 0.227 e. The van der Waals surface area contributed by atoms with Gasteiger partial charge >= 0.3 is 0 Å². The van der Waals surface area contributed by atoms with Crippen LogP contribution in [-0.4, -0.2) is 26.4 Å². The monoisotopic (exact) mass is 371 g/mol. The van der Waals surface area contributed by atoms with Gasteiger partial charge in [-0.05, 0) is 29.8 Å². The first kappa shape index (κ1) is 17.9. The number of carbonyl (C=O) groups excluding carboxylic acids is 1. The van der Waals surface area contributed by atoms with Gasteiger partial charge in [0.1, 0.15) is 5.82 Å². The summed E-state index contributed by atoms with van der Waals surface area (Å²) in [5.41, 5.74) is 7.11. The van der Waals surface area contributed by atoms with Gasteiger partial charge in [-0.1, -0.05) is 42.1 Å². The lowest BCUT2D eigenvalue weighted by atomic mass is 10.2. The number of hydrogen-bond donors (Lipinski definition) is 2. The lowest BCUT2D eigenvalue weighted by molar-refractivity contribution is -0.115. The highest BCUT2D eigenvalue weighted by atomic mass is 32.2. The summed E-state index contributed by atoms with van der Waals surface area (Å²) in [6.07, 6.45) is 0. The summed E-state index contributed by atoms with van der Waals surface area (Å²) in [7, 11) is 0. The van der Waals surface area contributed by atoms with Gasteiger partial charge in [-0.2, -0.15) is 0 Å². The second-order valence-corrected chi connectivity index (χ2v) is 6.53. The van der Waals surface area contributed by atoms with Crippen LogP contribution in [0.25, 0.3) is 0 Å². The van der Waals surface area contributed by atoms with Crippen molar-refractivity contribution < 1.29 is 9.18 Å². The van der Waals surface area contributed by atoms with Gasteiger partial charge in [0.15, 0.2) is 11.0 Å². The molecule has 3 aromatic rings. The zero-order valence-electron chi connectivity index (χ0n) is 13.9. The molecule has 0 aliphatic rings. The number of hydrogen-bond acceptors (Lipinski definition) is 5. The number of nitrogens with one attached hydrogen (secondary N) is 1. The summed E-state index contributed by atoms with van der Waals surface area (Å²) in [5, 5.41) is 12.2. The van der Waals surface area contributed by atoms with Crippen LogP contribution in [0.5, 0.6) is 0 Å². The van der Waals surface area contributed by atoms with Gasteiger partial charge in [0.25, 0.3) is 0 Å². The van der Waals surface area contributed by atoms with Gasteiger partial charge in [-0.25, -0.2) is 4.39 Å². The molecule has 0 aliphatic heterocycles. The fourth-order valence-corrected chi connectivity index (χ4v) is 3.06. The van der Waals surface area contributed by atoms with Gasteiger partial charge < -0.3 is 15.6 Å². The van der Waals surface area contributed by atoms with Crippen molar-refractivity contribution in [3.8, 4) is 0 Å². The molecule has 2 aromatic carbocycles. The quantitative estimate of drug-likeness (QED) is 0.595. The van der Waals surface area contributed by atoms with E-state index in [4.69, 9.17) is 5.73 Å². The van der Waals surface area contributed by atoms with Crippen LogP contribution < -0.4 is 11.1 Å². The van der Waals surface area contributed by atoms with E-state index in [0.717, 1.165) is 11.3 Å². The maximum absolute atomic E-state index is 13.0. The molecule has 3 rings (SSSR count). The van der Waals surface area contributed by atoms with Crippen molar-refractivity contribution in [3.05, 3.63) is 71.8 Å². The first-order chi connectivity index (χ1) is 12.6. The first-order valence-corrected chi connectivity index (χ1v) is 8.97. The number of primary amides is 1. The molecule has 0 atom stereocenters. The summed E-state index contributed by atoms with van der Waals surface area (Å²) >= 11 is 1.26. The minimum absolute atomic E-state index is 0.137. The largest absolute Gasteiger partial charge is 0.378 e. The summed E-state index contributed by atoms with van der Waals surface area (Å²) < 4.78 is 15.0. The fourth-order valence-electron chi connectivity index (χ4n) is 2.37. The standard InChI is InChI=1S/C18H18FN5OS/c19-14-6-8-15(9-7-14)21-10-17-22-23-18(26-12-16(20)25)24(17)11-13-4-2-1-3-5-13/h1-9,21H,10-12H2,(H2,20,25). The highest BCUT2D eigenvalue weighted by molar-refractivity contribution is 7.99. The van der Waals surface area contributed by atoms with E-state index < -0.39 is 5.91 Å². The molecule has 0 fully saturated rings. The van der Waals surface area contributed by atoms with E-state index in [2.05, 4.69) is 15.5 Å². The number of rotatable bonds is 8. The Morgan fingerprint density at radius 2 is 1.85 bits per heavy atom. The third-order valence-corrected chi connectivity index (χ3v) is 4.60. The van der Waals surface area contributed by atoms with Crippen molar-refractivity contribution in [1.29, 1.82) is 0 Å².